The molecule has 3 nitrogen and oxygen atoms in total. The van der Waals surface area contributed by atoms with Crippen molar-refractivity contribution in [1.82, 2.24) is 10.2 Å². The van der Waals surface area contributed by atoms with E-state index in [1.165, 1.54) is 12.8 Å². The molecule has 1 amide bonds. The Kier molecular flexibility index (Phi) is 3.62. The molecule has 1 N–H and O–H groups in total. The van der Waals surface area contributed by atoms with E-state index in [-0.39, 0.29) is 0 Å². The first kappa shape index (κ1) is 10.9. The van der Waals surface area contributed by atoms with Gasteiger partial charge in [-0.3, -0.25) is 4.79 Å². The predicted molar refractivity (Wildman–Crippen MR) is 60.6 cm³/mol. The van der Waals surface area contributed by atoms with Crippen molar-refractivity contribution in [2.45, 2.75) is 32.6 Å². The molecule has 2 fully saturated rings. The Bertz CT molecular complexity index is 220. The van der Waals surface area contributed by atoms with Crippen molar-refractivity contribution >= 4 is 5.91 Å². The first-order valence-electron chi connectivity index (χ1n) is 6.30. The Morgan fingerprint density at radius 2 is 1.93 bits per heavy atom. The van der Waals surface area contributed by atoms with Crippen LogP contribution >= 0.6 is 0 Å². The fourth-order valence-electron chi connectivity index (χ4n) is 2.34. The van der Waals surface area contributed by atoms with E-state index in [2.05, 4.69) is 17.1 Å². The quantitative estimate of drug-likeness (QED) is 0.757. The highest BCUT2D eigenvalue weighted by Gasteiger charge is 2.33. The topological polar surface area (TPSA) is 32.3 Å². The van der Waals surface area contributed by atoms with Gasteiger partial charge in [0.1, 0.15) is 0 Å². The summed E-state index contributed by atoms with van der Waals surface area (Å²) in [6.45, 7) is 6.23. The Morgan fingerprint density at radius 1 is 1.27 bits per heavy atom. The van der Waals surface area contributed by atoms with Crippen LogP contribution in [-0.2, 0) is 4.79 Å². The molecule has 1 aliphatic carbocycles. The molecule has 1 saturated heterocycles. The van der Waals surface area contributed by atoms with Gasteiger partial charge in [0, 0.05) is 19.0 Å². The zero-order valence-electron chi connectivity index (χ0n) is 9.67. The van der Waals surface area contributed by atoms with Crippen molar-refractivity contribution in [2.75, 3.05) is 26.2 Å². The Balaban J connectivity index is 1.80. The molecule has 0 aromatic carbocycles. The monoisotopic (exact) mass is 210 g/mol. The summed E-state index contributed by atoms with van der Waals surface area (Å²) in [5.74, 6) is 1.52. The minimum atomic E-state index is 0.381. The van der Waals surface area contributed by atoms with Crippen molar-refractivity contribution in [3.8, 4) is 0 Å². The minimum Gasteiger partial charge on any atom is -0.342 e. The average Bonchev–Trinajstić information content (AvgIpc) is 3.10. The molecule has 2 rings (SSSR count). The molecule has 1 saturated carbocycles. The Morgan fingerprint density at radius 3 is 2.47 bits per heavy atom. The van der Waals surface area contributed by atoms with E-state index in [9.17, 15) is 4.79 Å². The molecule has 0 aromatic heterocycles. The Hall–Kier alpha value is -0.570. The van der Waals surface area contributed by atoms with Gasteiger partial charge in [0.05, 0.1) is 0 Å². The van der Waals surface area contributed by atoms with Gasteiger partial charge in [0.25, 0.3) is 0 Å². The smallest absolute Gasteiger partial charge is 0.225 e. The molecule has 0 radical (unpaired) electrons. The number of carbonyl (C=O) groups excluding carboxylic acids is 1. The first-order valence-corrected chi connectivity index (χ1v) is 6.30. The van der Waals surface area contributed by atoms with Gasteiger partial charge >= 0.3 is 0 Å². The number of rotatable bonds is 4. The van der Waals surface area contributed by atoms with E-state index >= 15 is 0 Å². The van der Waals surface area contributed by atoms with Crippen LogP contribution in [0.2, 0.25) is 0 Å². The lowest BCUT2D eigenvalue weighted by Crippen LogP contribution is -2.39. The summed E-state index contributed by atoms with van der Waals surface area (Å²) in [7, 11) is 0. The van der Waals surface area contributed by atoms with E-state index < -0.39 is 0 Å². The van der Waals surface area contributed by atoms with Crippen molar-refractivity contribution < 1.29 is 4.79 Å². The summed E-state index contributed by atoms with van der Waals surface area (Å²) in [4.78, 5) is 14.0. The third kappa shape index (κ3) is 2.94. The van der Waals surface area contributed by atoms with Gasteiger partial charge in [-0.25, -0.2) is 0 Å². The number of hydrogen-bond donors (Lipinski definition) is 1. The van der Waals surface area contributed by atoms with Crippen LogP contribution in [0.5, 0.6) is 0 Å². The molecule has 0 aromatic rings. The lowest BCUT2D eigenvalue weighted by Gasteiger charge is -2.29. The number of carbonyl (C=O) groups is 1. The number of piperidine rings is 1. The summed E-state index contributed by atoms with van der Waals surface area (Å²) in [5.41, 5.74) is 0. The van der Waals surface area contributed by atoms with Gasteiger partial charge in [0.2, 0.25) is 5.91 Å². The van der Waals surface area contributed by atoms with Crippen LogP contribution < -0.4 is 5.32 Å². The molecule has 0 spiro atoms. The summed E-state index contributed by atoms with van der Waals surface area (Å²) in [6, 6.07) is 0. The normalized spacial score (nSPS) is 22.7. The summed E-state index contributed by atoms with van der Waals surface area (Å²) < 4.78 is 0. The zero-order chi connectivity index (χ0) is 10.7. The van der Waals surface area contributed by atoms with Gasteiger partial charge < -0.3 is 10.2 Å². The maximum Gasteiger partial charge on any atom is 0.225 e. The van der Waals surface area contributed by atoms with Crippen molar-refractivity contribution in [3.05, 3.63) is 0 Å². The van der Waals surface area contributed by atoms with Crippen molar-refractivity contribution in [1.29, 1.82) is 0 Å². The van der Waals surface area contributed by atoms with Crippen LogP contribution in [0.4, 0.5) is 0 Å². The van der Waals surface area contributed by atoms with Crippen LogP contribution in [-0.4, -0.2) is 37.0 Å². The second-order valence-corrected chi connectivity index (χ2v) is 4.84. The molecule has 0 unspecified atom stereocenters. The number of nitrogens with one attached hydrogen (secondary N) is 1. The molecule has 1 heterocycles. The number of hydrogen-bond acceptors (Lipinski definition) is 2. The minimum absolute atomic E-state index is 0.381. The zero-order valence-corrected chi connectivity index (χ0v) is 9.67. The molecule has 1 aliphatic heterocycles. The lowest BCUT2D eigenvalue weighted by atomic mass is 9.97. The van der Waals surface area contributed by atoms with E-state index in [0.717, 1.165) is 44.9 Å². The SMILES string of the molecule is CCN(CC1CCNCC1)C(=O)C1CC1. The molecular weight excluding hydrogens is 188 g/mol. The van der Waals surface area contributed by atoms with Gasteiger partial charge in [-0.2, -0.15) is 0 Å². The fraction of sp³-hybridized carbons (Fsp3) is 0.917. The summed E-state index contributed by atoms with van der Waals surface area (Å²) in [6.07, 6.45) is 4.71. The number of nitrogens with zero attached hydrogens (tertiary/aromatic N) is 1. The van der Waals surface area contributed by atoms with Gasteiger partial charge in [-0.1, -0.05) is 0 Å². The van der Waals surface area contributed by atoms with Crippen molar-refractivity contribution in [2.24, 2.45) is 11.8 Å². The standard InChI is InChI=1S/C12H22N2O/c1-2-14(12(15)11-3-4-11)9-10-5-7-13-8-6-10/h10-11,13H,2-9H2,1H3. The van der Waals surface area contributed by atoms with E-state index in [4.69, 9.17) is 0 Å². The molecule has 2 aliphatic rings. The van der Waals surface area contributed by atoms with Crippen LogP contribution in [0.25, 0.3) is 0 Å². The van der Waals surface area contributed by atoms with Crippen LogP contribution in [0.1, 0.15) is 32.6 Å². The van der Waals surface area contributed by atoms with Gasteiger partial charge in [-0.15, -0.1) is 0 Å². The maximum atomic E-state index is 11.9. The van der Waals surface area contributed by atoms with Crippen molar-refractivity contribution in [3.63, 3.8) is 0 Å². The summed E-state index contributed by atoms with van der Waals surface area (Å²) >= 11 is 0. The molecule has 3 heteroatoms. The molecule has 0 bridgehead atoms. The fourth-order valence-corrected chi connectivity index (χ4v) is 2.34. The number of amides is 1. The van der Waals surface area contributed by atoms with Crippen LogP contribution in [0.3, 0.4) is 0 Å². The highest BCUT2D eigenvalue weighted by Crippen LogP contribution is 2.31. The largest absolute Gasteiger partial charge is 0.342 e. The van der Waals surface area contributed by atoms with E-state index in [1.54, 1.807) is 0 Å². The van der Waals surface area contributed by atoms with Gasteiger partial charge in [0.15, 0.2) is 0 Å². The lowest BCUT2D eigenvalue weighted by molar-refractivity contribution is -0.133. The first-order chi connectivity index (χ1) is 7.31. The molecular formula is C12H22N2O. The van der Waals surface area contributed by atoms with E-state index in [1.807, 2.05) is 0 Å². The van der Waals surface area contributed by atoms with Crippen LogP contribution in [0, 0.1) is 11.8 Å². The van der Waals surface area contributed by atoms with Crippen LogP contribution in [0.15, 0.2) is 0 Å². The molecule has 0 atom stereocenters. The molecule has 86 valence electrons. The highest BCUT2D eigenvalue weighted by atomic mass is 16.2. The second kappa shape index (κ2) is 4.97. The second-order valence-electron chi connectivity index (χ2n) is 4.84. The average molecular weight is 210 g/mol. The van der Waals surface area contributed by atoms with Gasteiger partial charge in [-0.05, 0) is 51.6 Å². The molecule has 15 heavy (non-hydrogen) atoms. The Labute approximate surface area is 92.2 Å². The third-order valence-corrected chi connectivity index (χ3v) is 3.56. The highest BCUT2D eigenvalue weighted by molar-refractivity contribution is 5.81. The third-order valence-electron chi connectivity index (χ3n) is 3.56. The summed E-state index contributed by atoms with van der Waals surface area (Å²) in [5, 5.41) is 3.37. The predicted octanol–water partition coefficient (Wildman–Crippen LogP) is 1.24. The van der Waals surface area contributed by atoms with E-state index in [0.29, 0.717) is 11.8 Å². The maximum absolute atomic E-state index is 11.9.